The lowest BCUT2D eigenvalue weighted by Crippen LogP contribution is -2.47. The predicted molar refractivity (Wildman–Crippen MR) is 41.6 cm³/mol. The highest BCUT2D eigenvalue weighted by molar-refractivity contribution is 5.77. The Hall–Kier alpha value is -0.410. The number of rotatable bonds is 3. The van der Waals surface area contributed by atoms with Crippen LogP contribution in [0.3, 0.4) is 0 Å². The quantitative estimate of drug-likeness (QED) is 0.566. The van der Waals surface area contributed by atoms with Gasteiger partial charge in [0.05, 0.1) is 6.54 Å². The van der Waals surface area contributed by atoms with Crippen LogP contribution < -0.4 is 10.9 Å². The minimum Gasteiger partial charge on any atom is -0.299 e. The van der Waals surface area contributed by atoms with E-state index in [1.165, 1.54) is 0 Å². The second kappa shape index (κ2) is 3.68. The van der Waals surface area contributed by atoms with E-state index in [2.05, 4.69) is 10.9 Å². The van der Waals surface area contributed by atoms with Crippen molar-refractivity contribution in [1.82, 2.24) is 10.9 Å². The van der Waals surface area contributed by atoms with Gasteiger partial charge in [0, 0.05) is 5.54 Å². The lowest BCUT2D eigenvalue weighted by molar-refractivity contribution is -0.116. The summed E-state index contributed by atoms with van der Waals surface area (Å²) in [5.41, 5.74) is 5.83. The maximum absolute atomic E-state index is 10.4. The third kappa shape index (κ3) is 7.59. The Balaban J connectivity index is 3.29. The van der Waals surface area contributed by atoms with Crippen molar-refractivity contribution in [1.29, 1.82) is 0 Å². The highest BCUT2D eigenvalue weighted by atomic mass is 16.1. The Kier molecular flexibility index (Phi) is 3.53. The molecule has 60 valence electrons. The van der Waals surface area contributed by atoms with Crippen LogP contribution in [0.15, 0.2) is 0 Å². The standard InChI is InChI=1S/C7H16N2O/c1-6(10)5-8-9-7(2,3)4/h8-9H,5H2,1-4H3. The van der Waals surface area contributed by atoms with E-state index in [0.29, 0.717) is 6.54 Å². The van der Waals surface area contributed by atoms with Crippen molar-refractivity contribution in [3.05, 3.63) is 0 Å². The van der Waals surface area contributed by atoms with Gasteiger partial charge in [-0.2, -0.15) is 0 Å². The zero-order chi connectivity index (χ0) is 8.20. The molecular formula is C7H16N2O. The fourth-order valence-corrected chi connectivity index (χ4v) is 0.434. The monoisotopic (exact) mass is 144 g/mol. The molecule has 0 fully saturated rings. The first kappa shape index (κ1) is 9.59. The van der Waals surface area contributed by atoms with Gasteiger partial charge in [-0.25, -0.2) is 5.43 Å². The number of hydrogen-bond acceptors (Lipinski definition) is 3. The van der Waals surface area contributed by atoms with Crippen LogP contribution >= 0.6 is 0 Å². The molecule has 0 amide bonds. The van der Waals surface area contributed by atoms with Gasteiger partial charge in [0.15, 0.2) is 0 Å². The molecule has 0 aliphatic rings. The average molecular weight is 144 g/mol. The second-order valence-electron chi connectivity index (χ2n) is 3.43. The van der Waals surface area contributed by atoms with E-state index in [0.717, 1.165) is 0 Å². The molecule has 10 heavy (non-hydrogen) atoms. The number of hydrazine groups is 1. The van der Waals surface area contributed by atoms with Gasteiger partial charge in [0.1, 0.15) is 5.78 Å². The topological polar surface area (TPSA) is 41.1 Å². The fourth-order valence-electron chi connectivity index (χ4n) is 0.434. The van der Waals surface area contributed by atoms with Gasteiger partial charge in [0.2, 0.25) is 0 Å². The van der Waals surface area contributed by atoms with Crippen molar-refractivity contribution in [2.45, 2.75) is 33.2 Å². The lowest BCUT2D eigenvalue weighted by atomic mass is 10.1. The Bertz CT molecular complexity index is 115. The molecule has 0 atom stereocenters. The van der Waals surface area contributed by atoms with Crippen molar-refractivity contribution in [2.75, 3.05) is 6.54 Å². The van der Waals surface area contributed by atoms with Crippen molar-refractivity contribution in [3.8, 4) is 0 Å². The molecule has 0 aromatic rings. The summed E-state index contributed by atoms with van der Waals surface area (Å²) in [6.07, 6.45) is 0. The van der Waals surface area contributed by atoms with Crippen LogP contribution in [0.1, 0.15) is 27.7 Å². The molecular weight excluding hydrogens is 128 g/mol. The summed E-state index contributed by atoms with van der Waals surface area (Å²) in [6.45, 7) is 8.02. The summed E-state index contributed by atoms with van der Waals surface area (Å²) in [4.78, 5) is 10.4. The third-order valence-corrected chi connectivity index (χ3v) is 0.801. The molecule has 0 saturated heterocycles. The van der Waals surface area contributed by atoms with Crippen LogP contribution in [0.2, 0.25) is 0 Å². The zero-order valence-corrected chi connectivity index (χ0v) is 7.12. The minimum absolute atomic E-state index is 0.0233. The van der Waals surface area contributed by atoms with Crippen molar-refractivity contribution < 1.29 is 4.79 Å². The summed E-state index contributed by atoms with van der Waals surface area (Å²) >= 11 is 0. The molecule has 0 radical (unpaired) electrons. The van der Waals surface area contributed by atoms with E-state index >= 15 is 0 Å². The summed E-state index contributed by atoms with van der Waals surface area (Å²) in [6, 6.07) is 0. The molecule has 0 aliphatic carbocycles. The largest absolute Gasteiger partial charge is 0.299 e. The van der Waals surface area contributed by atoms with Gasteiger partial charge in [-0.3, -0.25) is 10.2 Å². The normalized spacial score (nSPS) is 11.6. The smallest absolute Gasteiger partial charge is 0.144 e. The zero-order valence-electron chi connectivity index (χ0n) is 7.12. The Labute approximate surface area is 62.2 Å². The highest BCUT2D eigenvalue weighted by Gasteiger charge is 2.07. The number of carbonyl (C=O) groups excluding carboxylic acids is 1. The molecule has 0 aliphatic heterocycles. The number of nitrogens with one attached hydrogen (secondary N) is 2. The van der Waals surface area contributed by atoms with Gasteiger partial charge in [-0.15, -0.1) is 0 Å². The Morgan fingerprint density at radius 1 is 1.40 bits per heavy atom. The molecule has 0 spiro atoms. The fraction of sp³-hybridized carbons (Fsp3) is 0.857. The highest BCUT2D eigenvalue weighted by Crippen LogP contribution is 1.94. The molecule has 0 bridgehead atoms. The number of Topliss-reactive ketones (excluding diaryl/α,β-unsaturated/α-hetero) is 1. The second-order valence-corrected chi connectivity index (χ2v) is 3.43. The van der Waals surface area contributed by atoms with Crippen LogP contribution in [-0.2, 0) is 4.79 Å². The van der Waals surface area contributed by atoms with Crippen LogP contribution in [-0.4, -0.2) is 17.9 Å². The first-order valence-corrected chi connectivity index (χ1v) is 3.41. The predicted octanol–water partition coefficient (Wildman–Crippen LogP) is 0.468. The van der Waals surface area contributed by atoms with Gasteiger partial charge in [-0.1, -0.05) is 0 Å². The van der Waals surface area contributed by atoms with Crippen LogP contribution in [0.4, 0.5) is 0 Å². The number of carbonyl (C=O) groups is 1. The summed E-state index contributed by atoms with van der Waals surface area (Å²) in [7, 11) is 0. The molecule has 0 rings (SSSR count). The minimum atomic E-state index is 0.0233. The van der Waals surface area contributed by atoms with E-state index in [9.17, 15) is 4.79 Å². The van der Waals surface area contributed by atoms with Crippen molar-refractivity contribution >= 4 is 5.78 Å². The Morgan fingerprint density at radius 3 is 2.20 bits per heavy atom. The van der Waals surface area contributed by atoms with E-state index < -0.39 is 0 Å². The summed E-state index contributed by atoms with van der Waals surface area (Å²) in [5.74, 6) is 0.136. The average Bonchev–Trinajstić information content (AvgIpc) is 1.59. The Morgan fingerprint density at radius 2 is 1.90 bits per heavy atom. The molecule has 2 N–H and O–H groups in total. The molecule has 0 unspecified atom stereocenters. The molecule has 0 aromatic heterocycles. The van der Waals surface area contributed by atoms with Gasteiger partial charge in [0.25, 0.3) is 0 Å². The SMILES string of the molecule is CC(=O)CNNC(C)(C)C. The molecule has 3 nitrogen and oxygen atoms in total. The van der Waals surface area contributed by atoms with E-state index in [1.807, 2.05) is 20.8 Å². The maximum atomic E-state index is 10.4. The van der Waals surface area contributed by atoms with Crippen LogP contribution in [0.5, 0.6) is 0 Å². The van der Waals surface area contributed by atoms with E-state index in [-0.39, 0.29) is 11.3 Å². The first-order valence-electron chi connectivity index (χ1n) is 3.41. The van der Waals surface area contributed by atoms with Crippen LogP contribution in [0, 0.1) is 0 Å². The summed E-state index contributed by atoms with van der Waals surface area (Å²) in [5, 5.41) is 0. The van der Waals surface area contributed by atoms with Gasteiger partial charge in [-0.05, 0) is 27.7 Å². The molecule has 3 heteroatoms. The molecule has 0 aromatic carbocycles. The van der Waals surface area contributed by atoms with Crippen molar-refractivity contribution in [3.63, 3.8) is 0 Å². The third-order valence-electron chi connectivity index (χ3n) is 0.801. The summed E-state index contributed by atoms with van der Waals surface area (Å²) < 4.78 is 0. The van der Waals surface area contributed by atoms with Crippen LogP contribution in [0.25, 0.3) is 0 Å². The molecule has 0 saturated carbocycles. The van der Waals surface area contributed by atoms with E-state index in [4.69, 9.17) is 0 Å². The van der Waals surface area contributed by atoms with Gasteiger partial charge < -0.3 is 0 Å². The molecule has 0 heterocycles. The number of hydrogen-bond donors (Lipinski definition) is 2. The number of ketones is 1. The van der Waals surface area contributed by atoms with Crippen molar-refractivity contribution in [2.24, 2.45) is 0 Å². The first-order chi connectivity index (χ1) is 4.42. The van der Waals surface area contributed by atoms with E-state index in [1.54, 1.807) is 6.92 Å². The van der Waals surface area contributed by atoms with Gasteiger partial charge >= 0.3 is 0 Å². The lowest BCUT2D eigenvalue weighted by Gasteiger charge is -2.20. The maximum Gasteiger partial charge on any atom is 0.144 e.